The number of anilines is 1. The molecule has 3 aromatic rings. The van der Waals surface area contributed by atoms with E-state index in [9.17, 15) is 0 Å². The van der Waals surface area contributed by atoms with Gasteiger partial charge in [-0.2, -0.15) is 0 Å². The number of H-pyrrole nitrogens is 1. The number of hydrogen-bond acceptors (Lipinski definition) is 6. The Hall–Kier alpha value is -2.28. The van der Waals surface area contributed by atoms with Gasteiger partial charge in [-0.05, 0) is 18.6 Å². The summed E-state index contributed by atoms with van der Waals surface area (Å²) >= 11 is 1.50. The van der Waals surface area contributed by atoms with E-state index in [1.54, 1.807) is 6.33 Å². The number of benzene rings is 1. The summed E-state index contributed by atoms with van der Waals surface area (Å²) in [6.07, 6.45) is 4.07. The van der Waals surface area contributed by atoms with Gasteiger partial charge in [0.25, 0.3) is 0 Å². The molecular weight excluding hydrogens is 286 g/mol. The average molecular weight is 301 g/mol. The van der Waals surface area contributed by atoms with E-state index in [0.717, 1.165) is 27.6 Å². The maximum atomic E-state index is 5.93. The number of imidazole rings is 1. The third kappa shape index (κ3) is 3.08. The molecule has 0 amide bonds. The van der Waals surface area contributed by atoms with Gasteiger partial charge in [-0.3, -0.25) is 0 Å². The fourth-order valence-electron chi connectivity index (χ4n) is 1.89. The van der Waals surface area contributed by atoms with Crippen molar-refractivity contribution in [3.8, 4) is 5.75 Å². The summed E-state index contributed by atoms with van der Waals surface area (Å²) in [6.45, 7) is 2.74. The minimum absolute atomic E-state index is 0.652. The van der Waals surface area contributed by atoms with Crippen LogP contribution < -0.4 is 10.5 Å². The number of nitrogens with two attached hydrogens (primary N) is 1. The fourth-order valence-corrected chi connectivity index (χ4v) is 2.83. The quantitative estimate of drug-likeness (QED) is 0.556. The predicted molar refractivity (Wildman–Crippen MR) is 82.4 cm³/mol. The largest absolute Gasteiger partial charge is 0.493 e. The summed E-state index contributed by atoms with van der Waals surface area (Å²) in [5.74, 6) is 0.772. The summed E-state index contributed by atoms with van der Waals surface area (Å²) < 4.78 is 5.64. The Morgan fingerprint density at radius 3 is 3.00 bits per heavy atom. The maximum Gasteiger partial charge on any atom is 0.181 e. The molecule has 0 fully saturated rings. The van der Waals surface area contributed by atoms with Crippen molar-refractivity contribution in [1.29, 1.82) is 0 Å². The van der Waals surface area contributed by atoms with Gasteiger partial charge in [0.1, 0.15) is 22.6 Å². The highest BCUT2D eigenvalue weighted by molar-refractivity contribution is 7.99. The second-order valence-electron chi connectivity index (χ2n) is 4.47. The molecule has 21 heavy (non-hydrogen) atoms. The van der Waals surface area contributed by atoms with Crippen LogP contribution in [0, 0.1) is 0 Å². The minimum Gasteiger partial charge on any atom is -0.493 e. The standard InChI is InChI=1S/C14H15N5OS/c1-2-3-20-10-4-9(15)5-11(6-10)21-14-12-13(17-7-16-12)18-8-19-14/h4-8H,2-3,15H2,1H3,(H,16,17,18,19). The van der Waals surface area contributed by atoms with E-state index in [1.807, 2.05) is 18.2 Å². The molecule has 0 saturated heterocycles. The SMILES string of the molecule is CCCOc1cc(N)cc(Sc2ncnc3nc[nH]c23)c1. The van der Waals surface area contributed by atoms with Gasteiger partial charge >= 0.3 is 0 Å². The van der Waals surface area contributed by atoms with Gasteiger partial charge in [-0.15, -0.1) is 0 Å². The molecule has 7 heteroatoms. The van der Waals surface area contributed by atoms with Crippen LogP contribution in [0.25, 0.3) is 11.2 Å². The number of ether oxygens (including phenoxy) is 1. The van der Waals surface area contributed by atoms with Crippen LogP contribution in [-0.2, 0) is 0 Å². The number of nitrogen functional groups attached to an aromatic ring is 1. The number of hydrogen-bond donors (Lipinski definition) is 2. The van der Waals surface area contributed by atoms with Crippen LogP contribution >= 0.6 is 11.8 Å². The molecule has 2 heterocycles. The molecule has 3 N–H and O–H groups in total. The molecule has 0 saturated carbocycles. The molecule has 2 aromatic heterocycles. The summed E-state index contributed by atoms with van der Waals surface area (Å²) in [5.41, 5.74) is 8.07. The number of nitrogens with zero attached hydrogens (tertiary/aromatic N) is 3. The minimum atomic E-state index is 0.652. The topological polar surface area (TPSA) is 89.7 Å². The molecule has 0 spiro atoms. The number of aromatic amines is 1. The second kappa shape index (κ2) is 6.01. The van der Waals surface area contributed by atoms with Crippen molar-refractivity contribution in [3.63, 3.8) is 0 Å². The van der Waals surface area contributed by atoms with Crippen molar-refractivity contribution >= 4 is 28.6 Å². The molecule has 0 unspecified atom stereocenters. The molecule has 1 aromatic carbocycles. The first-order valence-corrected chi connectivity index (χ1v) is 7.43. The second-order valence-corrected chi connectivity index (χ2v) is 5.53. The van der Waals surface area contributed by atoms with Crippen LogP contribution in [0.4, 0.5) is 5.69 Å². The Kier molecular flexibility index (Phi) is 3.92. The monoisotopic (exact) mass is 301 g/mol. The number of fused-ring (bicyclic) bond motifs is 1. The maximum absolute atomic E-state index is 5.93. The van der Waals surface area contributed by atoms with Gasteiger partial charge in [0.2, 0.25) is 0 Å². The molecule has 0 radical (unpaired) electrons. The van der Waals surface area contributed by atoms with Gasteiger partial charge in [-0.25, -0.2) is 15.0 Å². The van der Waals surface area contributed by atoms with E-state index in [0.29, 0.717) is 17.9 Å². The number of aromatic nitrogens is 4. The number of rotatable bonds is 5. The average Bonchev–Trinajstić information content (AvgIpc) is 2.94. The third-order valence-electron chi connectivity index (χ3n) is 2.78. The smallest absolute Gasteiger partial charge is 0.181 e. The third-order valence-corrected chi connectivity index (χ3v) is 3.75. The lowest BCUT2D eigenvalue weighted by Crippen LogP contribution is -1.96. The molecule has 0 aliphatic heterocycles. The Morgan fingerprint density at radius 2 is 2.14 bits per heavy atom. The fraction of sp³-hybridized carbons (Fsp3) is 0.214. The Balaban J connectivity index is 1.90. The highest BCUT2D eigenvalue weighted by Gasteiger charge is 2.09. The lowest BCUT2D eigenvalue weighted by atomic mass is 10.3. The highest BCUT2D eigenvalue weighted by Crippen LogP contribution is 2.33. The molecule has 0 atom stereocenters. The van der Waals surface area contributed by atoms with E-state index in [-0.39, 0.29) is 0 Å². The summed E-state index contributed by atoms with van der Waals surface area (Å²) in [7, 11) is 0. The van der Waals surface area contributed by atoms with Crippen molar-refractivity contribution in [2.75, 3.05) is 12.3 Å². The lowest BCUT2D eigenvalue weighted by molar-refractivity contribution is 0.317. The van der Waals surface area contributed by atoms with Crippen molar-refractivity contribution in [2.24, 2.45) is 0 Å². The molecule has 3 rings (SSSR count). The number of nitrogens with one attached hydrogen (secondary N) is 1. The van der Waals surface area contributed by atoms with E-state index >= 15 is 0 Å². The van der Waals surface area contributed by atoms with Crippen molar-refractivity contribution in [1.82, 2.24) is 19.9 Å². The predicted octanol–water partition coefficient (Wildman–Crippen LogP) is 2.88. The van der Waals surface area contributed by atoms with Crippen LogP contribution in [0.1, 0.15) is 13.3 Å². The molecule has 108 valence electrons. The zero-order chi connectivity index (χ0) is 14.7. The van der Waals surface area contributed by atoms with Gasteiger partial charge in [0, 0.05) is 16.6 Å². The van der Waals surface area contributed by atoms with Crippen LogP contribution in [0.2, 0.25) is 0 Å². The highest BCUT2D eigenvalue weighted by atomic mass is 32.2. The first kappa shape index (κ1) is 13.7. The van der Waals surface area contributed by atoms with Gasteiger partial charge in [0.15, 0.2) is 5.65 Å². The van der Waals surface area contributed by atoms with Crippen molar-refractivity contribution in [3.05, 3.63) is 30.9 Å². The van der Waals surface area contributed by atoms with Crippen molar-refractivity contribution < 1.29 is 4.74 Å². The van der Waals surface area contributed by atoms with Crippen molar-refractivity contribution in [2.45, 2.75) is 23.3 Å². The Bertz CT molecular complexity index is 758. The molecule has 0 bridgehead atoms. The van der Waals surface area contributed by atoms with Crippen LogP contribution in [-0.4, -0.2) is 26.5 Å². The summed E-state index contributed by atoms with van der Waals surface area (Å²) in [4.78, 5) is 16.5. The lowest BCUT2D eigenvalue weighted by Gasteiger charge is -2.08. The van der Waals surface area contributed by atoms with Gasteiger partial charge in [0.05, 0.1) is 12.9 Å². The molecular formula is C14H15N5OS. The first-order chi connectivity index (χ1) is 10.3. The normalized spacial score (nSPS) is 10.9. The zero-order valence-electron chi connectivity index (χ0n) is 11.5. The molecule has 0 aliphatic carbocycles. The van der Waals surface area contributed by atoms with E-state index < -0.39 is 0 Å². The Morgan fingerprint density at radius 1 is 1.24 bits per heavy atom. The van der Waals surface area contributed by atoms with Crippen LogP contribution in [0.5, 0.6) is 5.75 Å². The van der Waals surface area contributed by atoms with Gasteiger partial charge in [-0.1, -0.05) is 18.7 Å². The van der Waals surface area contributed by atoms with E-state index in [4.69, 9.17) is 10.5 Å². The van der Waals surface area contributed by atoms with Gasteiger partial charge < -0.3 is 15.5 Å². The molecule has 6 nitrogen and oxygen atoms in total. The Labute approximate surface area is 126 Å². The van der Waals surface area contributed by atoms with E-state index in [2.05, 4.69) is 26.9 Å². The zero-order valence-corrected chi connectivity index (χ0v) is 12.4. The van der Waals surface area contributed by atoms with Crippen LogP contribution in [0.3, 0.4) is 0 Å². The van der Waals surface area contributed by atoms with E-state index in [1.165, 1.54) is 18.1 Å². The molecule has 0 aliphatic rings. The summed E-state index contributed by atoms with van der Waals surface area (Å²) in [6, 6.07) is 5.68. The van der Waals surface area contributed by atoms with Crippen LogP contribution in [0.15, 0.2) is 40.8 Å². The first-order valence-electron chi connectivity index (χ1n) is 6.61. The summed E-state index contributed by atoms with van der Waals surface area (Å²) in [5, 5.41) is 0.810.